The number of hydrogen-bond donors (Lipinski definition) is 2. The van der Waals surface area contributed by atoms with Gasteiger partial charge in [0.2, 0.25) is 0 Å². The Hall–Kier alpha value is -2.42. The van der Waals surface area contributed by atoms with Gasteiger partial charge in [0.15, 0.2) is 0 Å². The lowest BCUT2D eigenvalue weighted by Gasteiger charge is -2.13. The van der Waals surface area contributed by atoms with E-state index in [9.17, 15) is 17.6 Å². The van der Waals surface area contributed by atoms with E-state index in [1.54, 1.807) is 43.3 Å². The van der Waals surface area contributed by atoms with E-state index in [0.29, 0.717) is 20.7 Å². The molecule has 3 aromatic carbocycles. The number of benzene rings is 3. The first kappa shape index (κ1) is 21.3. The van der Waals surface area contributed by atoms with E-state index in [0.717, 1.165) is 0 Å². The van der Waals surface area contributed by atoms with Crippen LogP contribution >= 0.6 is 27.5 Å². The topological polar surface area (TPSA) is 75.3 Å². The molecule has 5 nitrogen and oxygen atoms in total. The summed E-state index contributed by atoms with van der Waals surface area (Å²) in [6, 6.07) is 14.5. The summed E-state index contributed by atoms with van der Waals surface area (Å²) >= 11 is 8.97. The molecule has 9 heteroatoms. The number of anilines is 2. The summed E-state index contributed by atoms with van der Waals surface area (Å²) in [4.78, 5) is 12.5. The van der Waals surface area contributed by atoms with Crippen molar-refractivity contribution in [2.75, 3.05) is 10.0 Å². The zero-order valence-corrected chi connectivity index (χ0v) is 18.2. The van der Waals surface area contributed by atoms with Crippen LogP contribution in [0.15, 0.2) is 70.0 Å². The zero-order valence-electron chi connectivity index (χ0n) is 15.0. The normalized spacial score (nSPS) is 11.2. The number of amides is 1. The minimum absolute atomic E-state index is 0.0171. The second-order valence-electron chi connectivity index (χ2n) is 6.17. The Labute approximate surface area is 181 Å². The highest BCUT2D eigenvalue weighted by molar-refractivity contribution is 9.10. The van der Waals surface area contributed by atoms with Gasteiger partial charge < -0.3 is 5.32 Å². The molecular formula is C20H15BrClFN2O3S. The van der Waals surface area contributed by atoms with E-state index in [4.69, 9.17) is 11.6 Å². The molecule has 29 heavy (non-hydrogen) atoms. The second-order valence-corrected chi connectivity index (χ2v) is 9.11. The molecule has 150 valence electrons. The molecule has 0 saturated carbocycles. The van der Waals surface area contributed by atoms with E-state index in [1.807, 2.05) is 0 Å². The number of hydrogen-bond acceptors (Lipinski definition) is 3. The number of carbonyl (C=O) groups excluding carboxylic acids is 1. The summed E-state index contributed by atoms with van der Waals surface area (Å²) in [5.41, 5.74) is 1.37. The predicted molar refractivity (Wildman–Crippen MR) is 115 cm³/mol. The van der Waals surface area contributed by atoms with E-state index < -0.39 is 21.7 Å². The Morgan fingerprint density at radius 1 is 1.00 bits per heavy atom. The van der Waals surface area contributed by atoms with Gasteiger partial charge in [-0.05, 0) is 83.0 Å². The predicted octanol–water partition coefficient (Wildman–Crippen LogP) is 5.60. The largest absolute Gasteiger partial charge is 0.322 e. The fraction of sp³-hybridized carbons (Fsp3) is 0.0500. The first-order valence-corrected chi connectivity index (χ1v) is 11.0. The van der Waals surface area contributed by atoms with Crippen LogP contribution < -0.4 is 10.0 Å². The third-order valence-corrected chi connectivity index (χ3v) is 6.44. The highest BCUT2D eigenvalue weighted by atomic mass is 79.9. The molecule has 0 aliphatic heterocycles. The molecule has 0 aromatic heterocycles. The van der Waals surface area contributed by atoms with Crippen molar-refractivity contribution >= 4 is 54.8 Å². The van der Waals surface area contributed by atoms with Gasteiger partial charge in [0.25, 0.3) is 15.9 Å². The lowest BCUT2D eigenvalue weighted by Crippen LogP contribution is -2.16. The summed E-state index contributed by atoms with van der Waals surface area (Å²) in [5, 5.41) is 3.12. The summed E-state index contributed by atoms with van der Waals surface area (Å²) in [7, 11) is -3.90. The van der Waals surface area contributed by atoms with Crippen LogP contribution in [0, 0.1) is 12.7 Å². The Kier molecular flexibility index (Phi) is 6.26. The van der Waals surface area contributed by atoms with Crippen molar-refractivity contribution in [3.05, 3.63) is 87.1 Å². The van der Waals surface area contributed by atoms with Crippen molar-refractivity contribution in [3.63, 3.8) is 0 Å². The molecule has 0 unspecified atom stereocenters. The molecule has 0 aliphatic rings. The Balaban J connectivity index is 1.87. The average Bonchev–Trinajstić information content (AvgIpc) is 2.64. The first-order valence-electron chi connectivity index (χ1n) is 8.31. The Morgan fingerprint density at radius 3 is 2.31 bits per heavy atom. The van der Waals surface area contributed by atoms with Gasteiger partial charge in [0.1, 0.15) is 5.82 Å². The van der Waals surface area contributed by atoms with Crippen molar-refractivity contribution in [3.8, 4) is 0 Å². The quantitative estimate of drug-likeness (QED) is 0.481. The minimum atomic E-state index is -3.90. The second kappa shape index (κ2) is 8.52. The molecule has 0 heterocycles. The molecule has 1 amide bonds. The van der Waals surface area contributed by atoms with Crippen molar-refractivity contribution in [1.82, 2.24) is 0 Å². The van der Waals surface area contributed by atoms with Crippen LogP contribution in [0.3, 0.4) is 0 Å². The summed E-state index contributed by atoms with van der Waals surface area (Å²) in [6.45, 7) is 1.65. The smallest absolute Gasteiger partial charge is 0.262 e. The first-order chi connectivity index (χ1) is 13.7. The summed E-state index contributed by atoms with van der Waals surface area (Å²) in [5.74, 6) is -0.986. The molecule has 0 bridgehead atoms. The Morgan fingerprint density at radius 2 is 1.66 bits per heavy atom. The number of halogens is 3. The SMILES string of the molecule is Cc1ccc(NC(=O)c2ccc(F)cc2Br)cc1S(=O)(=O)Nc1ccc(Cl)cc1. The van der Waals surface area contributed by atoms with Gasteiger partial charge in [-0.15, -0.1) is 0 Å². The van der Waals surface area contributed by atoms with Gasteiger partial charge in [-0.3, -0.25) is 9.52 Å². The molecule has 2 N–H and O–H groups in total. The highest BCUT2D eigenvalue weighted by Gasteiger charge is 2.19. The molecule has 0 aliphatic carbocycles. The van der Waals surface area contributed by atoms with E-state index in [1.165, 1.54) is 24.3 Å². The van der Waals surface area contributed by atoms with Gasteiger partial charge in [-0.25, -0.2) is 12.8 Å². The lowest BCUT2D eigenvalue weighted by molar-refractivity contribution is 0.102. The number of aryl methyl sites for hydroxylation is 1. The third-order valence-electron chi connectivity index (χ3n) is 4.01. The van der Waals surface area contributed by atoms with Gasteiger partial charge in [-0.1, -0.05) is 17.7 Å². The Bertz CT molecular complexity index is 1180. The van der Waals surface area contributed by atoms with Crippen molar-refractivity contribution in [1.29, 1.82) is 0 Å². The van der Waals surface area contributed by atoms with Crippen LogP contribution in [-0.4, -0.2) is 14.3 Å². The third kappa shape index (κ3) is 5.14. The molecule has 0 saturated heterocycles. The number of carbonyl (C=O) groups is 1. The van der Waals surface area contributed by atoms with E-state index in [-0.39, 0.29) is 16.1 Å². The maximum atomic E-state index is 13.2. The van der Waals surface area contributed by atoms with Crippen LogP contribution in [-0.2, 0) is 10.0 Å². The van der Waals surface area contributed by atoms with Crippen LogP contribution in [0.25, 0.3) is 0 Å². The minimum Gasteiger partial charge on any atom is -0.322 e. The summed E-state index contributed by atoms with van der Waals surface area (Å²) < 4.78 is 41.6. The van der Waals surface area contributed by atoms with Gasteiger partial charge in [0.05, 0.1) is 10.5 Å². The summed E-state index contributed by atoms with van der Waals surface area (Å²) in [6.07, 6.45) is 0. The number of sulfonamides is 1. The van der Waals surface area contributed by atoms with Crippen LogP contribution in [0.1, 0.15) is 15.9 Å². The van der Waals surface area contributed by atoms with Gasteiger partial charge in [-0.2, -0.15) is 0 Å². The molecule has 0 spiro atoms. The molecule has 0 radical (unpaired) electrons. The van der Waals surface area contributed by atoms with E-state index in [2.05, 4.69) is 26.0 Å². The maximum absolute atomic E-state index is 13.2. The van der Waals surface area contributed by atoms with Crippen LogP contribution in [0.4, 0.5) is 15.8 Å². The van der Waals surface area contributed by atoms with Crippen LogP contribution in [0.5, 0.6) is 0 Å². The fourth-order valence-corrected chi connectivity index (χ4v) is 4.55. The monoisotopic (exact) mass is 496 g/mol. The van der Waals surface area contributed by atoms with Gasteiger partial charge in [0, 0.05) is 20.9 Å². The molecule has 3 aromatic rings. The van der Waals surface area contributed by atoms with Crippen molar-refractivity contribution in [2.24, 2.45) is 0 Å². The average molecular weight is 498 g/mol. The van der Waals surface area contributed by atoms with Crippen molar-refractivity contribution in [2.45, 2.75) is 11.8 Å². The molecule has 3 rings (SSSR count). The van der Waals surface area contributed by atoms with Crippen molar-refractivity contribution < 1.29 is 17.6 Å². The maximum Gasteiger partial charge on any atom is 0.262 e. The van der Waals surface area contributed by atoms with Gasteiger partial charge >= 0.3 is 0 Å². The number of nitrogens with one attached hydrogen (secondary N) is 2. The molecular weight excluding hydrogens is 483 g/mol. The van der Waals surface area contributed by atoms with E-state index >= 15 is 0 Å². The fourth-order valence-electron chi connectivity index (χ4n) is 2.57. The molecule has 0 atom stereocenters. The van der Waals surface area contributed by atoms with Crippen LogP contribution in [0.2, 0.25) is 5.02 Å². The zero-order chi connectivity index (χ0) is 21.2. The molecule has 0 fully saturated rings. The number of rotatable bonds is 5. The lowest BCUT2D eigenvalue weighted by atomic mass is 10.2. The standard InChI is InChI=1S/C20H15BrClFN2O3S/c1-12-2-6-16(24-20(26)17-9-5-14(23)10-18(17)21)11-19(12)29(27,28)25-15-7-3-13(22)4-8-15/h2-11,25H,1H3,(H,24,26). The highest BCUT2D eigenvalue weighted by Crippen LogP contribution is 2.25.